The predicted octanol–water partition coefficient (Wildman–Crippen LogP) is -11.2. The summed E-state index contributed by atoms with van der Waals surface area (Å²) >= 11 is 0. The Bertz CT molecular complexity index is 1720. The van der Waals surface area contributed by atoms with E-state index in [0.717, 1.165) is 29.8 Å². The molecular formula is C21H17NNa4O12S4. The third-order valence-corrected chi connectivity index (χ3v) is 8.81. The number of aryl methyl sites for hydroxylation is 1. The largest absolute Gasteiger partial charge is 1.00 e. The summed E-state index contributed by atoms with van der Waals surface area (Å²) in [6.07, 6.45) is 0. The summed E-state index contributed by atoms with van der Waals surface area (Å²) in [6.45, 7) is 0.806. The quantitative estimate of drug-likeness (QED) is 0.150. The van der Waals surface area contributed by atoms with Crippen LogP contribution in [0.5, 0.6) is 0 Å². The van der Waals surface area contributed by atoms with Crippen molar-refractivity contribution in [1.82, 2.24) is 0 Å². The molecule has 0 radical (unpaired) electrons. The van der Waals surface area contributed by atoms with Crippen LogP contribution in [-0.2, 0) is 53.6 Å². The van der Waals surface area contributed by atoms with Crippen molar-refractivity contribution in [2.45, 2.75) is 39.6 Å². The van der Waals surface area contributed by atoms with Gasteiger partial charge in [-0.05, 0) is 54.4 Å². The van der Waals surface area contributed by atoms with E-state index in [9.17, 15) is 51.9 Å². The maximum Gasteiger partial charge on any atom is 1.00 e. The summed E-state index contributed by atoms with van der Waals surface area (Å²) in [6, 6.07) is 10.6. The Kier molecular flexibility index (Phi) is 18.6. The molecule has 0 N–H and O–H groups in total. The van der Waals surface area contributed by atoms with E-state index in [-0.39, 0.29) is 129 Å². The molecule has 0 fully saturated rings. The third-order valence-electron chi connectivity index (χ3n) is 5.31. The van der Waals surface area contributed by atoms with Crippen LogP contribution in [0.15, 0.2) is 80.2 Å². The van der Waals surface area contributed by atoms with Crippen LogP contribution in [0.3, 0.4) is 0 Å². The number of anilines is 1. The van der Waals surface area contributed by atoms with E-state index in [4.69, 9.17) is 0 Å². The Morgan fingerprint density at radius 1 is 0.524 bits per heavy atom. The van der Waals surface area contributed by atoms with Crippen molar-refractivity contribution in [3.63, 3.8) is 0 Å². The van der Waals surface area contributed by atoms with Gasteiger partial charge in [0.05, 0.1) is 19.6 Å². The second-order valence-corrected chi connectivity index (χ2v) is 13.5. The summed E-state index contributed by atoms with van der Waals surface area (Å²) in [5.74, 6) is 0. The Labute approximate surface area is 333 Å². The molecule has 3 aromatic carbocycles. The topological polar surface area (TPSA) is 232 Å². The van der Waals surface area contributed by atoms with Crippen molar-refractivity contribution in [1.29, 1.82) is 0 Å². The molecule has 206 valence electrons. The van der Waals surface area contributed by atoms with E-state index in [1.165, 1.54) is 4.90 Å². The van der Waals surface area contributed by atoms with E-state index < -0.39 is 73.1 Å². The number of nitrogens with zero attached hydrogens (tertiary/aromatic N) is 1. The van der Waals surface area contributed by atoms with Crippen molar-refractivity contribution in [3.05, 3.63) is 77.4 Å². The van der Waals surface area contributed by atoms with Gasteiger partial charge in [-0.3, -0.25) is 0 Å². The fourth-order valence-electron chi connectivity index (χ4n) is 3.51. The van der Waals surface area contributed by atoms with Gasteiger partial charge in [0.1, 0.15) is 40.5 Å². The number of benzene rings is 3. The van der Waals surface area contributed by atoms with Gasteiger partial charge in [0.25, 0.3) is 0 Å². The molecular weight excluding hydrogens is 678 g/mol. The molecule has 0 saturated carbocycles. The molecule has 0 aromatic heterocycles. The first kappa shape index (κ1) is 45.2. The minimum atomic E-state index is -5.30. The SMILES string of the molecule is Cc1ccc(N(Cc2ccc(S(=O)(=O)[O-])cc2S(=O)(=O)[O-])Cc2ccc(S(=O)(=O)[O-])cc2S(=O)(=O)[O-])cc1.[Na+].[Na+].[Na+].[Na+]. The zero-order valence-electron chi connectivity index (χ0n) is 23.2. The normalized spacial score (nSPS) is 11.6. The second kappa shape index (κ2) is 17.3. The van der Waals surface area contributed by atoms with E-state index in [0.29, 0.717) is 17.8 Å². The zero-order chi connectivity index (χ0) is 28.7. The molecule has 0 saturated heterocycles. The van der Waals surface area contributed by atoms with Crippen molar-refractivity contribution < 1.29 is 170 Å². The Balaban J connectivity index is 0. The molecule has 0 spiro atoms. The molecule has 0 amide bonds. The van der Waals surface area contributed by atoms with Gasteiger partial charge in [-0.15, -0.1) is 0 Å². The van der Waals surface area contributed by atoms with Crippen LogP contribution >= 0.6 is 0 Å². The first-order chi connectivity index (χ1) is 17.3. The van der Waals surface area contributed by atoms with Crippen LogP contribution in [0.25, 0.3) is 0 Å². The Hall–Kier alpha value is 1.10. The molecule has 0 aliphatic rings. The van der Waals surface area contributed by atoms with Crippen molar-refractivity contribution in [2.75, 3.05) is 4.90 Å². The van der Waals surface area contributed by atoms with Crippen LogP contribution in [0.1, 0.15) is 16.7 Å². The van der Waals surface area contributed by atoms with E-state index in [1.807, 2.05) is 0 Å². The van der Waals surface area contributed by atoms with Gasteiger partial charge < -0.3 is 23.1 Å². The minimum absolute atomic E-state index is 0. The van der Waals surface area contributed by atoms with Crippen molar-refractivity contribution in [2.24, 2.45) is 0 Å². The van der Waals surface area contributed by atoms with Crippen LogP contribution in [0.4, 0.5) is 5.69 Å². The molecule has 0 aliphatic carbocycles. The molecule has 42 heavy (non-hydrogen) atoms. The predicted molar refractivity (Wildman–Crippen MR) is 126 cm³/mol. The second-order valence-electron chi connectivity index (χ2n) is 8.05. The summed E-state index contributed by atoms with van der Waals surface area (Å²) in [5.41, 5.74) is 0.589. The smallest absolute Gasteiger partial charge is 0.744 e. The van der Waals surface area contributed by atoms with Crippen LogP contribution in [-0.4, -0.2) is 51.9 Å². The molecule has 21 heteroatoms. The van der Waals surface area contributed by atoms with Gasteiger partial charge in [-0.25, -0.2) is 33.7 Å². The molecule has 3 aromatic rings. The maximum absolute atomic E-state index is 11.9. The van der Waals surface area contributed by atoms with Crippen LogP contribution in [0, 0.1) is 6.92 Å². The number of hydrogen-bond acceptors (Lipinski definition) is 13. The van der Waals surface area contributed by atoms with Gasteiger partial charge in [-0.1, -0.05) is 29.8 Å². The first-order valence-corrected chi connectivity index (χ1v) is 15.8. The van der Waals surface area contributed by atoms with E-state index in [2.05, 4.69) is 0 Å². The zero-order valence-corrected chi connectivity index (χ0v) is 34.4. The average molecular weight is 696 g/mol. The van der Waals surface area contributed by atoms with Gasteiger partial charge in [0, 0.05) is 18.8 Å². The minimum Gasteiger partial charge on any atom is -0.744 e. The molecule has 0 heterocycles. The van der Waals surface area contributed by atoms with Gasteiger partial charge in [0.15, 0.2) is 0 Å². The van der Waals surface area contributed by atoms with Crippen LogP contribution in [0.2, 0.25) is 0 Å². The van der Waals surface area contributed by atoms with Gasteiger partial charge in [-0.2, -0.15) is 0 Å². The van der Waals surface area contributed by atoms with Gasteiger partial charge >= 0.3 is 118 Å². The molecule has 13 nitrogen and oxygen atoms in total. The third kappa shape index (κ3) is 12.4. The fraction of sp³-hybridized carbons (Fsp3) is 0.143. The summed E-state index contributed by atoms with van der Waals surface area (Å²) in [7, 11) is -20.8. The van der Waals surface area contributed by atoms with E-state index >= 15 is 0 Å². The average Bonchev–Trinajstić information content (AvgIpc) is 2.76. The van der Waals surface area contributed by atoms with Crippen molar-refractivity contribution >= 4 is 46.2 Å². The summed E-state index contributed by atoms with van der Waals surface area (Å²) < 4.78 is 139. The molecule has 0 unspecified atom stereocenters. The maximum atomic E-state index is 11.9. The Morgan fingerprint density at radius 2 is 0.857 bits per heavy atom. The monoisotopic (exact) mass is 695 g/mol. The molecule has 0 bridgehead atoms. The van der Waals surface area contributed by atoms with Crippen LogP contribution < -0.4 is 123 Å². The number of hydrogen-bond donors (Lipinski definition) is 0. The number of rotatable bonds is 9. The van der Waals surface area contributed by atoms with Gasteiger partial charge in [0.2, 0.25) is 0 Å². The summed E-state index contributed by atoms with van der Waals surface area (Å²) in [5, 5.41) is 0. The first-order valence-electron chi connectivity index (χ1n) is 10.2. The van der Waals surface area contributed by atoms with Crippen molar-refractivity contribution in [3.8, 4) is 0 Å². The summed E-state index contributed by atoms with van der Waals surface area (Å²) in [4.78, 5) is -2.66. The molecule has 0 aliphatic heterocycles. The molecule has 3 rings (SSSR count). The fourth-order valence-corrected chi connectivity index (χ4v) is 6.11. The van der Waals surface area contributed by atoms with E-state index in [1.54, 1.807) is 31.2 Å². The Morgan fingerprint density at radius 3 is 1.14 bits per heavy atom. The molecule has 0 atom stereocenters. The standard InChI is InChI=1S/C21H21NO12S4.4Na/c1-14-2-6-17(7-3-14)22(12-15-4-8-18(35(23,24)25)10-20(15)37(29,30)31)13-16-5-9-19(36(26,27)28)11-21(16)38(32,33)34;;;;/h2-11H,12-13H2,1H3,(H,23,24,25)(H,26,27,28)(H,29,30,31)(H,32,33,34);;;;/q;4*+1/p-4.